The first-order valence-electron chi connectivity index (χ1n) is 8.36. The zero-order valence-corrected chi connectivity index (χ0v) is 15.5. The highest BCUT2D eigenvalue weighted by atomic mass is 16.5. The minimum atomic E-state index is 0.670. The van der Waals surface area contributed by atoms with Crippen LogP contribution in [0.15, 0.2) is 41.5 Å². The molecule has 0 atom stereocenters. The second kappa shape index (κ2) is 9.68. The normalized spacial score (nSPS) is 11.6. The summed E-state index contributed by atoms with van der Waals surface area (Å²) in [6.45, 7) is 2.92. The number of nitrogens with zero attached hydrogens (tertiary/aromatic N) is 4. The molecular weight excluding hydrogens is 316 g/mol. The van der Waals surface area contributed by atoms with E-state index in [1.807, 2.05) is 44.0 Å². The molecule has 0 unspecified atom stereocenters. The molecule has 2 aromatic rings. The quantitative estimate of drug-likeness (QED) is 0.557. The molecule has 0 aliphatic rings. The van der Waals surface area contributed by atoms with E-state index in [1.165, 1.54) is 0 Å². The highest BCUT2D eigenvalue weighted by Crippen LogP contribution is 2.13. The molecule has 1 heterocycles. The van der Waals surface area contributed by atoms with Crippen LogP contribution in [-0.2, 0) is 20.1 Å². The van der Waals surface area contributed by atoms with Crippen molar-refractivity contribution in [1.29, 1.82) is 0 Å². The molecule has 0 saturated heterocycles. The van der Waals surface area contributed by atoms with Crippen molar-refractivity contribution < 1.29 is 4.74 Å². The van der Waals surface area contributed by atoms with Gasteiger partial charge in [-0.05, 0) is 37.9 Å². The lowest BCUT2D eigenvalue weighted by Gasteiger charge is -2.14. The minimum Gasteiger partial charge on any atom is -0.492 e. The van der Waals surface area contributed by atoms with Gasteiger partial charge in [-0.1, -0.05) is 12.1 Å². The molecule has 0 aliphatic heterocycles. The van der Waals surface area contributed by atoms with Crippen molar-refractivity contribution in [3.05, 3.63) is 47.8 Å². The summed E-state index contributed by atoms with van der Waals surface area (Å²) < 4.78 is 7.62. The average molecular weight is 344 g/mol. The molecule has 0 radical (unpaired) electrons. The Morgan fingerprint density at radius 1 is 1.24 bits per heavy atom. The first-order valence-corrected chi connectivity index (χ1v) is 8.36. The second-order valence-electron chi connectivity index (χ2n) is 6.02. The van der Waals surface area contributed by atoms with Crippen molar-refractivity contribution in [3.8, 4) is 5.75 Å². The van der Waals surface area contributed by atoms with E-state index < -0.39 is 0 Å². The highest BCUT2D eigenvalue weighted by Gasteiger charge is 2.03. The van der Waals surface area contributed by atoms with Crippen molar-refractivity contribution >= 4 is 5.96 Å². The largest absolute Gasteiger partial charge is 0.492 e. The lowest BCUT2D eigenvalue weighted by molar-refractivity contribution is 0.261. The molecule has 7 nitrogen and oxygen atoms in total. The van der Waals surface area contributed by atoms with Crippen molar-refractivity contribution in [2.45, 2.75) is 13.1 Å². The SMILES string of the molecule is CN=C(NCc1cccc(OCCN(C)C)c1)NCc1ccnn1C. The molecule has 0 fully saturated rings. The number of aryl methyl sites for hydroxylation is 1. The lowest BCUT2D eigenvalue weighted by Crippen LogP contribution is -2.36. The number of ether oxygens (including phenoxy) is 1. The predicted molar refractivity (Wildman–Crippen MR) is 101 cm³/mol. The number of aliphatic imine (C=N–C) groups is 1. The molecule has 0 amide bonds. The first kappa shape index (κ1) is 18.8. The van der Waals surface area contributed by atoms with Crippen molar-refractivity contribution in [2.24, 2.45) is 12.0 Å². The fourth-order valence-corrected chi connectivity index (χ4v) is 2.25. The van der Waals surface area contributed by atoms with Crippen LogP contribution in [0.25, 0.3) is 0 Å². The third-order valence-electron chi connectivity index (χ3n) is 3.75. The maximum atomic E-state index is 5.78. The molecule has 0 saturated carbocycles. The topological polar surface area (TPSA) is 66.7 Å². The molecule has 7 heteroatoms. The Balaban J connectivity index is 1.81. The standard InChI is InChI=1S/C18H28N6O/c1-19-18(21-14-16-8-9-22-24(16)4)20-13-15-6-5-7-17(12-15)25-11-10-23(2)3/h5-9,12H,10-11,13-14H2,1-4H3,(H2,19,20,21). The summed E-state index contributed by atoms with van der Waals surface area (Å²) in [5, 5.41) is 10.8. The third-order valence-corrected chi connectivity index (χ3v) is 3.75. The summed E-state index contributed by atoms with van der Waals surface area (Å²) in [6, 6.07) is 10.1. The maximum Gasteiger partial charge on any atom is 0.191 e. The predicted octanol–water partition coefficient (Wildman–Crippen LogP) is 1.23. The third kappa shape index (κ3) is 6.46. The molecule has 136 valence electrons. The van der Waals surface area contributed by atoms with Gasteiger partial charge in [-0.15, -0.1) is 0 Å². The molecular formula is C18H28N6O. The first-order chi connectivity index (χ1) is 12.1. The maximum absolute atomic E-state index is 5.78. The van der Waals surface area contributed by atoms with Gasteiger partial charge in [0.15, 0.2) is 5.96 Å². The number of hydrogen-bond acceptors (Lipinski definition) is 4. The van der Waals surface area contributed by atoms with Crippen LogP contribution >= 0.6 is 0 Å². The highest BCUT2D eigenvalue weighted by molar-refractivity contribution is 5.79. The van der Waals surface area contributed by atoms with Gasteiger partial charge in [-0.3, -0.25) is 9.67 Å². The van der Waals surface area contributed by atoms with Gasteiger partial charge in [0.1, 0.15) is 12.4 Å². The Labute approximate surface area is 149 Å². The minimum absolute atomic E-state index is 0.670. The smallest absolute Gasteiger partial charge is 0.191 e. The van der Waals surface area contributed by atoms with E-state index in [-0.39, 0.29) is 0 Å². The molecule has 2 N–H and O–H groups in total. The van der Waals surface area contributed by atoms with Gasteiger partial charge in [-0.25, -0.2) is 0 Å². The van der Waals surface area contributed by atoms with E-state index in [2.05, 4.69) is 37.8 Å². The van der Waals surface area contributed by atoms with Gasteiger partial charge in [0.2, 0.25) is 0 Å². The summed E-state index contributed by atoms with van der Waals surface area (Å²) in [5.74, 6) is 1.64. The molecule has 25 heavy (non-hydrogen) atoms. The van der Waals surface area contributed by atoms with Crippen LogP contribution in [0, 0.1) is 0 Å². The number of likely N-dealkylation sites (N-methyl/N-ethyl adjacent to an activating group) is 1. The number of benzene rings is 1. The van der Waals surface area contributed by atoms with Gasteiger partial charge < -0.3 is 20.3 Å². The summed E-state index contributed by atoms with van der Waals surface area (Å²) in [5.41, 5.74) is 2.24. The number of guanidine groups is 1. The van der Waals surface area contributed by atoms with Crippen molar-refractivity contribution in [3.63, 3.8) is 0 Å². The summed E-state index contributed by atoms with van der Waals surface area (Å²) in [6.07, 6.45) is 1.79. The van der Waals surface area contributed by atoms with E-state index in [9.17, 15) is 0 Å². The number of nitrogens with one attached hydrogen (secondary N) is 2. The van der Waals surface area contributed by atoms with Crippen LogP contribution in [0.2, 0.25) is 0 Å². The molecule has 0 aliphatic carbocycles. The zero-order valence-electron chi connectivity index (χ0n) is 15.5. The van der Waals surface area contributed by atoms with Crippen molar-refractivity contribution in [2.75, 3.05) is 34.3 Å². The molecule has 1 aromatic heterocycles. The van der Waals surface area contributed by atoms with E-state index in [4.69, 9.17) is 4.74 Å². The Kier molecular flexibility index (Phi) is 7.28. The van der Waals surface area contributed by atoms with E-state index in [0.717, 1.165) is 29.5 Å². The van der Waals surface area contributed by atoms with Crippen LogP contribution in [0.4, 0.5) is 0 Å². The fraction of sp³-hybridized carbons (Fsp3) is 0.444. The second-order valence-corrected chi connectivity index (χ2v) is 6.02. The van der Waals surface area contributed by atoms with E-state index in [0.29, 0.717) is 19.7 Å². The monoisotopic (exact) mass is 344 g/mol. The van der Waals surface area contributed by atoms with Gasteiger partial charge in [0.05, 0.1) is 12.2 Å². The Bertz CT molecular complexity index is 680. The summed E-state index contributed by atoms with van der Waals surface area (Å²) >= 11 is 0. The van der Waals surface area contributed by atoms with Crippen LogP contribution in [-0.4, -0.2) is 54.9 Å². The molecule has 0 spiro atoms. The van der Waals surface area contributed by atoms with Crippen molar-refractivity contribution in [1.82, 2.24) is 25.3 Å². The molecule has 1 aromatic carbocycles. The number of hydrogen-bond donors (Lipinski definition) is 2. The van der Waals surface area contributed by atoms with E-state index >= 15 is 0 Å². The zero-order chi connectivity index (χ0) is 18.1. The van der Waals surface area contributed by atoms with Crippen LogP contribution in [0.3, 0.4) is 0 Å². The van der Waals surface area contributed by atoms with Gasteiger partial charge in [0, 0.05) is 33.4 Å². The summed E-state index contributed by atoms with van der Waals surface area (Å²) in [4.78, 5) is 6.35. The summed E-state index contributed by atoms with van der Waals surface area (Å²) in [7, 11) is 7.76. The number of aromatic nitrogens is 2. The van der Waals surface area contributed by atoms with Gasteiger partial charge >= 0.3 is 0 Å². The number of rotatable bonds is 8. The average Bonchev–Trinajstić information content (AvgIpc) is 3.00. The molecule has 2 rings (SSSR count). The van der Waals surface area contributed by atoms with Crippen LogP contribution in [0.5, 0.6) is 5.75 Å². The fourth-order valence-electron chi connectivity index (χ4n) is 2.25. The van der Waals surface area contributed by atoms with Gasteiger partial charge in [0.25, 0.3) is 0 Å². The lowest BCUT2D eigenvalue weighted by atomic mass is 10.2. The Morgan fingerprint density at radius 3 is 2.72 bits per heavy atom. The Hall–Kier alpha value is -2.54. The van der Waals surface area contributed by atoms with Crippen LogP contribution < -0.4 is 15.4 Å². The van der Waals surface area contributed by atoms with Crippen LogP contribution in [0.1, 0.15) is 11.3 Å². The van der Waals surface area contributed by atoms with E-state index in [1.54, 1.807) is 13.2 Å². The Morgan fingerprint density at radius 2 is 2.04 bits per heavy atom. The van der Waals surface area contributed by atoms with Gasteiger partial charge in [-0.2, -0.15) is 5.10 Å². The molecule has 0 bridgehead atoms.